The van der Waals surface area contributed by atoms with Crippen LogP contribution in [0.2, 0.25) is 0 Å². The fourth-order valence-corrected chi connectivity index (χ4v) is 5.29. The molecule has 3 atom stereocenters. The molecule has 2 saturated carbocycles. The Hall–Kier alpha value is -2.35. The van der Waals surface area contributed by atoms with E-state index in [2.05, 4.69) is 22.7 Å². The predicted octanol–water partition coefficient (Wildman–Crippen LogP) is 3.58. The molecule has 0 saturated heterocycles. The maximum absolute atomic E-state index is 13.2. The van der Waals surface area contributed by atoms with E-state index < -0.39 is 5.41 Å². The summed E-state index contributed by atoms with van der Waals surface area (Å²) < 4.78 is 7.52. The number of aromatic nitrogens is 2. The molecule has 2 aliphatic rings. The number of nitrogens with zero attached hydrogens (tertiary/aromatic N) is 2. The number of nitrogens with two attached hydrogens (primary N) is 1. The minimum absolute atomic E-state index is 0.104. The second-order valence-electron chi connectivity index (χ2n) is 10.9. The molecule has 3 unspecified atom stereocenters. The molecule has 1 heterocycles. The van der Waals surface area contributed by atoms with Gasteiger partial charge in [-0.15, -0.1) is 0 Å². The largest absolute Gasteiger partial charge is 0.474 e. The highest BCUT2D eigenvalue weighted by Crippen LogP contribution is 2.43. The smallest absolute Gasteiger partial charge is 0.258 e. The van der Waals surface area contributed by atoms with E-state index in [9.17, 15) is 9.59 Å². The van der Waals surface area contributed by atoms with Gasteiger partial charge in [0.2, 0.25) is 11.8 Å². The molecule has 2 amide bonds. The summed E-state index contributed by atoms with van der Waals surface area (Å²) >= 11 is 0. The molecule has 0 aromatic carbocycles. The molecule has 0 aliphatic heterocycles. The fraction of sp³-hybridized carbons (Fsp3) is 0.731. The van der Waals surface area contributed by atoms with Crippen LogP contribution in [0.25, 0.3) is 6.20 Å². The van der Waals surface area contributed by atoms with Crippen molar-refractivity contribution in [3.63, 3.8) is 0 Å². The van der Waals surface area contributed by atoms with Crippen LogP contribution in [0.4, 0.5) is 0 Å². The molecule has 190 valence electrons. The third-order valence-electron chi connectivity index (χ3n) is 7.22. The Labute approximate surface area is 204 Å². The molecule has 1 aromatic rings. The Bertz CT molecular complexity index is 864. The van der Waals surface area contributed by atoms with Crippen molar-refractivity contribution in [3.8, 4) is 5.88 Å². The van der Waals surface area contributed by atoms with Crippen molar-refractivity contribution in [2.45, 2.75) is 85.3 Å². The van der Waals surface area contributed by atoms with Crippen LogP contribution in [-0.4, -0.2) is 46.8 Å². The van der Waals surface area contributed by atoms with Crippen LogP contribution >= 0.6 is 0 Å². The molecule has 3 rings (SSSR count). The zero-order valence-corrected chi connectivity index (χ0v) is 21.5. The lowest BCUT2D eigenvalue weighted by atomic mass is 9.66. The maximum atomic E-state index is 13.2. The Morgan fingerprint density at radius 3 is 2.53 bits per heavy atom. The number of hydrogen-bond acceptors (Lipinski definition) is 5. The van der Waals surface area contributed by atoms with E-state index in [1.165, 1.54) is 43.2 Å². The number of fused-ring (bicyclic) bond motifs is 2. The van der Waals surface area contributed by atoms with Gasteiger partial charge >= 0.3 is 0 Å². The topological polar surface area (TPSA) is 111 Å². The summed E-state index contributed by atoms with van der Waals surface area (Å²) in [5.74, 6) is 2.24. The number of amides is 2. The van der Waals surface area contributed by atoms with Crippen molar-refractivity contribution >= 4 is 18.0 Å². The highest BCUT2D eigenvalue weighted by atomic mass is 16.5. The summed E-state index contributed by atoms with van der Waals surface area (Å²) in [7, 11) is 0. The van der Waals surface area contributed by atoms with Gasteiger partial charge in [0.25, 0.3) is 5.91 Å². The Morgan fingerprint density at radius 1 is 1.24 bits per heavy atom. The van der Waals surface area contributed by atoms with Crippen LogP contribution in [0.3, 0.4) is 0 Å². The fourth-order valence-electron chi connectivity index (χ4n) is 5.29. The van der Waals surface area contributed by atoms with Crippen molar-refractivity contribution in [1.29, 1.82) is 0 Å². The summed E-state index contributed by atoms with van der Waals surface area (Å²) in [6.45, 7) is 10.4. The van der Waals surface area contributed by atoms with Gasteiger partial charge < -0.3 is 21.1 Å². The highest BCUT2D eigenvalue weighted by Gasteiger charge is 2.35. The molecule has 8 heteroatoms. The van der Waals surface area contributed by atoms with Gasteiger partial charge in [-0.05, 0) is 71.6 Å². The molecule has 0 radical (unpaired) electrons. The minimum Gasteiger partial charge on any atom is -0.474 e. The summed E-state index contributed by atoms with van der Waals surface area (Å²) in [4.78, 5) is 25.7. The highest BCUT2D eigenvalue weighted by molar-refractivity contribution is 5.96. The number of carbonyl (C=O) groups excluding carboxylic acids is 2. The lowest BCUT2D eigenvalue weighted by Gasteiger charge is -2.41. The van der Waals surface area contributed by atoms with E-state index in [1.807, 2.05) is 27.7 Å². The molecule has 4 N–H and O–H groups in total. The zero-order valence-electron chi connectivity index (χ0n) is 21.5. The first-order valence-corrected chi connectivity index (χ1v) is 12.8. The van der Waals surface area contributed by atoms with Crippen molar-refractivity contribution in [2.24, 2.45) is 28.9 Å². The molecule has 2 aliphatic carbocycles. The van der Waals surface area contributed by atoms with Gasteiger partial charge in [-0.3, -0.25) is 9.59 Å². The number of rotatable bonds is 10. The zero-order chi connectivity index (χ0) is 24.9. The van der Waals surface area contributed by atoms with Crippen molar-refractivity contribution in [3.05, 3.63) is 17.8 Å². The average molecular weight is 474 g/mol. The first-order valence-electron chi connectivity index (χ1n) is 12.8. The Balaban J connectivity index is 1.72. The molecule has 8 nitrogen and oxygen atoms in total. The average Bonchev–Trinajstić information content (AvgIpc) is 3.17. The molecular weight excluding hydrogens is 430 g/mol. The summed E-state index contributed by atoms with van der Waals surface area (Å²) in [5, 5.41) is 10.4. The van der Waals surface area contributed by atoms with Crippen molar-refractivity contribution in [1.82, 2.24) is 20.4 Å². The summed E-state index contributed by atoms with van der Waals surface area (Å²) in [5.41, 5.74) is 5.12. The van der Waals surface area contributed by atoms with Gasteiger partial charge in [-0.2, -0.15) is 5.10 Å². The lowest BCUT2D eigenvalue weighted by Crippen LogP contribution is -2.42. The molecule has 0 spiro atoms. The molecule has 2 fully saturated rings. The standard InChI is InChI=1S/C26H43N5O3/c1-17(2)34-24-22(16-29-31(24)12-9-26(4,5)25(33)28-11-10-27)23(32)30-18(3)21-14-19-7-6-8-20(13-19)15-21/h9,12,16-21H,6-8,10-11,13-15,27H2,1-5H3,(H,28,33)(H,30,32)/b12-9+. The quantitative estimate of drug-likeness (QED) is 0.481. The van der Waals surface area contributed by atoms with Crippen LogP contribution in [0.5, 0.6) is 5.88 Å². The Morgan fingerprint density at radius 2 is 1.91 bits per heavy atom. The number of nitrogens with one attached hydrogen (secondary N) is 2. The van der Waals surface area contributed by atoms with E-state index in [0.29, 0.717) is 30.5 Å². The van der Waals surface area contributed by atoms with E-state index in [1.54, 1.807) is 18.5 Å². The van der Waals surface area contributed by atoms with Gasteiger partial charge in [0, 0.05) is 25.3 Å². The third-order valence-corrected chi connectivity index (χ3v) is 7.22. The second kappa shape index (κ2) is 11.4. The predicted molar refractivity (Wildman–Crippen MR) is 134 cm³/mol. The number of hydrogen-bond donors (Lipinski definition) is 3. The van der Waals surface area contributed by atoms with Crippen molar-refractivity contribution < 1.29 is 14.3 Å². The van der Waals surface area contributed by atoms with E-state index >= 15 is 0 Å². The van der Waals surface area contributed by atoms with E-state index in [4.69, 9.17) is 10.5 Å². The van der Waals surface area contributed by atoms with Crippen molar-refractivity contribution in [2.75, 3.05) is 13.1 Å². The van der Waals surface area contributed by atoms with E-state index in [0.717, 1.165) is 11.8 Å². The van der Waals surface area contributed by atoms with Crippen LogP contribution in [0, 0.1) is 23.2 Å². The van der Waals surface area contributed by atoms with Gasteiger partial charge in [-0.1, -0.05) is 25.3 Å². The van der Waals surface area contributed by atoms with Gasteiger partial charge in [0.1, 0.15) is 5.56 Å². The summed E-state index contributed by atoms with van der Waals surface area (Å²) in [6.07, 6.45) is 12.6. The minimum atomic E-state index is -0.772. The first-order chi connectivity index (χ1) is 16.1. The molecule has 2 bridgehead atoms. The molecule has 34 heavy (non-hydrogen) atoms. The second-order valence-corrected chi connectivity index (χ2v) is 10.9. The van der Waals surface area contributed by atoms with Gasteiger partial charge in [-0.25, -0.2) is 4.68 Å². The molecule has 1 aromatic heterocycles. The Kier molecular flexibility index (Phi) is 8.79. The first kappa shape index (κ1) is 26.3. The monoisotopic (exact) mass is 473 g/mol. The van der Waals surface area contributed by atoms with Gasteiger partial charge in [0.05, 0.1) is 17.7 Å². The van der Waals surface area contributed by atoms with Crippen LogP contribution in [0.1, 0.15) is 83.5 Å². The van der Waals surface area contributed by atoms with Gasteiger partial charge in [0.15, 0.2) is 0 Å². The van der Waals surface area contributed by atoms with E-state index in [-0.39, 0.29) is 24.0 Å². The van der Waals surface area contributed by atoms with Crippen LogP contribution in [-0.2, 0) is 4.79 Å². The normalized spacial score (nSPS) is 23.7. The summed E-state index contributed by atoms with van der Waals surface area (Å²) in [6, 6.07) is 0.104. The SMILES string of the molecule is CC(C)Oc1c(C(=O)NC(C)C2CC3CCCC(C3)C2)cnn1/C=C/C(C)(C)C(=O)NCCN. The number of ether oxygens (including phenoxy) is 1. The lowest BCUT2D eigenvalue weighted by molar-refractivity contribution is -0.127. The van der Waals surface area contributed by atoms with Crippen LogP contribution < -0.4 is 21.1 Å². The number of carbonyl (C=O) groups is 2. The molecular formula is C26H43N5O3. The maximum Gasteiger partial charge on any atom is 0.258 e. The van der Waals surface area contributed by atoms with Crippen LogP contribution in [0.15, 0.2) is 12.3 Å². The third kappa shape index (κ3) is 6.62.